The first-order valence-corrected chi connectivity index (χ1v) is 3.85. The van der Waals surface area contributed by atoms with Gasteiger partial charge in [0.05, 0.1) is 6.20 Å². The maximum Gasteiger partial charge on any atom is 0.456 e. The molecular weight excluding hydrogens is 199 g/mol. The summed E-state index contributed by atoms with van der Waals surface area (Å²) in [6.45, 7) is 3.44. The monoisotopic (exact) mass is 207 g/mol. The molecule has 0 spiro atoms. The van der Waals surface area contributed by atoms with Gasteiger partial charge in [-0.3, -0.25) is 4.79 Å². The molecule has 1 aromatic rings. The van der Waals surface area contributed by atoms with Crippen molar-refractivity contribution in [2.45, 2.75) is 26.1 Å². The molecule has 4 nitrogen and oxygen atoms in total. The molecule has 1 aromatic heterocycles. The molecular formula is C7H8F3N3O. The molecule has 7 heteroatoms. The van der Waals surface area contributed by atoms with Gasteiger partial charge in [-0.2, -0.15) is 13.2 Å². The van der Waals surface area contributed by atoms with Crippen molar-refractivity contribution in [3.05, 3.63) is 11.9 Å². The lowest BCUT2D eigenvalue weighted by atomic mass is 10.3. The van der Waals surface area contributed by atoms with E-state index >= 15 is 0 Å². The Balaban J connectivity index is 2.93. The minimum Gasteiger partial charge on any atom is -0.282 e. The Labute approximate surface area is 77.7 Å². The minimum absolute atomic E-state index is 0.128. The van der Waals surface area contributed by atoms with Gasteiger partial charge in [-0.05, 0) is 13.8 Å². The SMILES string of the molecule is CC(C)n1cc(C(=O)C(F)(F)F)nn1. The van der Waals surface area contributed by atoms with E-state index in [1.807, 2.05) is 0 Å². The zero-order valence-electron chi connectivity index (χ0n) is 7.54. The first-order chi connectivity index (χ1) is 6.32. The van der Waals surface area contributed by atoms with Crippen LogP contribution in [0.4, 0.5) is 13.2 Å². The van der Waals surface area contributed by atoms with E-state index in [0.717, 1.165) is 6.20 Å². The molecule has 0 radical (unpaired) electrons. The lowest BCUT2D eigenvalue weighted by molar-refractivity contribution is -0.0888. The van der Waals surface area contributed by atoms with Crippen LogP contribution in [0.15, 0.2) is 6.20 Å². The van der Waals surface area contributed by atoms with Crippen molar-refractivity contribution in [1.82, 2.24) is 15.0 Å². The van der Waals surface area contributed by atoms with Crippen molar-refractivity contribution >= 4 is 5.78 Å². The van der Waals surface area contributed by atoms with E-state index in [0.29, 0.717) is 0 Å². The van der Waals surface area contributed by atoms with Crippen LogP contribution in [0.25, 0.3) is 0 Å². The number of alkyl halides is 3. The Kier molecular flexibility index (Phi) is 2.59. The highest BCUT2D eigenvalue weighted by molar-refractivity contribution is 5.98. The molecule has 0 aromatic carbocycles. The quantitative estimate of drug-likeness (QED) is 0.692. The summed E-state index contributed by atoms with van der Waals surface area (Å²) in [5.41, 5.74) is -0.675. The number of hydrogen-bond donors (Lipinski definition) is 0. The van der Waals surface area contributed by atoms with E-state index in [1.165, 1.54) is 4.68 Å². The van der Waals surface area contributed by atoms with E-state index < -0.39 is 17.7 Å². The zero-order chi connectivity index (χ0) is 10.9. The summed E-state index contributed by atoms with van der Waals surface area (Å²) in [5.74, 6) is -1.97. The molecule has 0 bridgehead atoms. The fourth-order valence-electron chi connectivity index (χ4n) is 0.778. The Morgan fingerprint density at radius 1 is 1.50 bits per heavy atom. The summed E-state index contributed by atoms with van der Waals surface area (Å²) in [6.07, 6.45) is -3.90. The summed E-state index contributed by atoms with van der Waals surface area (Å²) in [5, 5.41) is 6.54. The molecule has 0 aliphatic rings. The molecule has 0 aliphatic heterocycles. The van der Waals surface area contributed by atoms with E-state index in [2.05, 4.69) is 10.3 Å². The van der Waals surface area contributed by atoms with Gasteiger partial charge in [0, 0.05) is 6.04 Å². The van der Waals surface area contributed by atoms with E-state index in [-0.39, 0.29) is 6.04 Å². The van der Waals surface area contributed by atoms with E-state index in [4.69, 9.17) is 0 Å². The second-order valence-electron chi connectivity index (χ2n) is 3.00. The molecule has 0 N–H and O–H groups in total. The number of carbonyl (C=O) groups is 1. The van der Waals surface area contributed by atoms with Crippen LogP contribution in [-0.2, 0) is 0 Å². The lowest BCUT2D eigenvalue weighted by Gasteiger charge is -2.02. The molecule has 0 unspecified atom stereocenters. The summed E-state index contributed by atoms with van der Waals surface area (Å²) in [4.78, 5) is 10.7. The summed E-state index contributed by atoms with van der Waals surface area (Å²) in [6, 6.07) is -0.128. The first-order valence-electron chi connectivity index (χ1n) is 3.85. The van der Waals surface area contributed by atoms with Crippen molar-refractivity contribution < 1.29 is 18.0 Å². The maximum absolute atomic E-state index is 11.9. The van der Waals surface area contributed by atoms with Crippen LogP contribution in [0.3, 0.4) is 0 Å². The fourth-order valence-corrected chi connectivity index (χ4v) is 0.778. The third-order valence-corrected chi connectivity index (χ3v) is 1.53. The molecule has 1 heterocycles. The van der Waals surface area contributed by atoms with Gasteiger partial charge in [0.1, 0.15) is 0 Å². The highest BCUT2D eigenvalue weighted by Gasteiger charge is 2.41. The highest BCUT2D eigenvalue weighted by Crippen LogP contribution is 2.20. The number of carbonyl (C=O) groups excluding carboxylic acids is 1. The molecule has 0 saturated heterocycles. The molecule has 0 aliphatic carbocycles. The molecule has 0 saturated carbocycles. The average Bonchev–Trinajstić information content (AvgIpc) is 2.48. The maximum atomic E-state index is 11.9. The molecule has 0 amide bonds. The van der Waals surface area contributed by atoms with Gasteiger partial charge >= 0.3 is 6.18 Å². The first kappa shape index (κ1) is 10.7. The molecule has 0 fully saturated rings. The molecule has 78 valence electrons. The van der Waals surface area contributed by atoms with Crippen molar-refractivity contribution in [3.63, 3.8) is 0 Å². The summed E-state index contributed by atoms with van der Waals surface area (Å²) in [7, 11) is 0. The second-order valence-corrected chi connectivity index (χ2v) is 3.00. The van der Waals surface area contributed by atoms with Gasteiger partial charge in [0.25, 0.3) is 5.78 Å². The Morgan fingerprint density at radius 3 is 2.43 bits per heavy atom. The third-order valence-electron chi connectivity index (χ3n) is 1.53. The number of Topliss-reactive ketones (excluding diaryl/α,β-unsaturated/α-hetero) is 1. The molecule has 0 atom stereocenters. The predicted molar refractivity (Wildman–Crippen MR) is 40.8 cm³/mol. The standard InChI is InChI=1S/C7H8F3N3O/c1-4(2)13-3-5(11-12-13)6(14)7(8,9)10/h3-4H,1-2H3. The normalized spacial score (nSPS) is 12.1. The highest BCUT2D eigenvalue weighted by atomic mass is 19.4. The van der Waals surface area contributed by atoms with Crippen LogP contribution in [0, 0.1) is 0 Å². The Hall–Kier alpha value is -1.40. The summed E-state index contributed by atoms with van der Waals surface area (Å²) >= 11 is 0. The van der Waals surface area contributed by atoms with Gasteiger partial charge in [-0.15, -0.1) is 5.10 Å². The average molecular weight is 207 g/mol. The predicted octanol–water partition coefficient (Wildman–Crippen LogP) is 1.60. The zero-order valence-corrected chi connectivity index (χ0v) is 7.54. The number of halogens is 3. The topological polar surface area (TPSA) is 47.8 Å². The number of ketones is 1. The van der Waals surface area contributed by atoms with Gasteiger partial charge < -0.3 is 0 Å². The third kappa shape index (κ3) is 2.09. The Bertz CT molecular complexity index is 342. The number of rotatable bonds is 2. The van der Waals surface area contributed by atoms with Crippen molar-refractivity contribution in [2.75, 3.05) is 0 Å². The van der Waals surface area contributed by atoms with Crippen LogP contribution >= 0.6 is 0 Å². The van der Waals surface area contributed by atoms with Crippen molar-refractivity contribution in [1.29, 1.82) is 0 Å². The minimum atomic E-state index is -4.89. The number of hydrogen-bond acceptors (Lipinski definition) is 3. The van der Waals surface area contributed by atoms with Crippen LogP contribution in [0.2, 0.25) is 0 Å². The number of nitrogens with zero attached hydrogens (tertiary/aromatic N) is 3. The van der Waals surface area contributed by atoms with Crippen LogP contribution in [0.1, 0.15) is 30.4 Å². The van der Waals surface area contributed by atoms with Crippen LogP contribution in [0.5, 0.6) is 0 Å². The van der Waals surface area contributed by atoms with Gasteiger partial charge in [-0.25, -0.2) is 4.68 Å². The molecule has 14 heavy (non-hydrogen) atoms. The smallest absolute Gasteiger partial charge is 0.282 e. The van der Waals surface area contributed by atoms with E-state index in [9.17, 15) is 18.0 Å². The second kappa shape index (κ2) is 3.39. The van der Waals surface area contributed by atoms with Gasteiger partial charge in [-0.1, -0.05) is 5.21 Å². The Morgan fingerprint density at radius 2 is 2.07 bits per heavy atom. The number of aromatic nitrogens is 3. The fraction of sp³-hybridized carbons (Fsp3) is 0.571. The lowest BCUT2D eigenvalue weighted by Crippen LogP contribution is -2.23. The van der Waals surface area contributed by atoms with E-state index in [1.54, 1.807) is 13.8 Å². The van der Waals surface area contributed by atoms with Gasteiger partial charge in [0.15, 0.2) is 5.69 Å². The van der Waals surface area contributed by atoms with Crippen molar-refractivity contribution in [3.8, 4) is 0 Å². The largest absolute Gasteiger partial charge is 0.456 e. The van der Waals surface area contributed by atoms with Crippen molar-refractivity contribution in [2.24, 2.45) is 0 Å². The van der Waals surface area contributed by atoms with Crippen LogP contribution in [-0.4, -0.2) is 27.0 Å². The molecule has 1 rings (SSSR count). The summed E-state index contributed by atoms with van der Waals surface area (Å²) < 4.78 is 36.9. The van der Waals surface area contributed by atoms with Crippen LogP contribution < -0.4 is 0 Å². The van der Waals surface area contributed by atoms with Gasteiger partial charge in [0.2, 0.25) is 0 Å².